The largest absolute Gasteiger partial charge is 0.309 e. The molecule has 0 saturated carbocycles. The van der Waals surface area contributed by atoms with Crippen LogP contribution < -0.4 is 0 Å². The molecule has 0 fully saturated rings. The highest BCUT2D eigenvalue weighted by Crippen LogP contribution is 2.53. The summed E-state index contributed by atoms with van der Waals surface area (Å²) >= 11 is 0. The van der Waals surface area contributed by atoms with Crippen LogP contribution in [0.25, 0.3) is 122 Å². The topological polar surface area (TPSA) is 35.6 Å². The van der Waals surface area contributed by atoms with Gasteiger partial charge >= 0.3 is 0 Å². The molecule has 3 aromatic heterocycles. The Morgan fingerprint density at radius 1 is 0.358 bits per heavy atom. The highest BCUT2D eigenvalue weighted by Gasteiger charge is 2.37. The van der Waals surface area contributed by atoms with E-state index in [1.165, 1.54) is 82.2 Å². The SMILES string of the molecule is CC1(C)c2cc3c(cc2-c2c1ccc1ccccc21)c1cc(-c2ccc4c(c2)c2ccccc2n4-c2ccccc2)ccc1n3-c1cccc(-c2nc(-c3ccccc3)c3ccccc3n2)c1. The third-order valence-corrected chi connectivity index (χ3v) is 14.5. The van der Waals surface area contributed by atoms with Crippen molar-refractivity contribution in [3.8, 4) is 56.3 Å². The van der Waals surface area contributed by atoms with Gasteiger partial charge in [-0.05, 0) is 117 Å². The smallest absolute Gasteiger partial charge is 0.160 e. The molecule has 4 heteroatoms. The lowest BCUT2D eigenvalue weighted by Crippen LogP contribution is -2.15. The van der Waals surface area contributed by atoms with E-state index in [0.29, 0.717) is 5.82 Å². The summed E-state index contributed by atoms with van der Waals surface area (Å²) in [6.45, 7) is 4.77. The molecule has 0 radical (unpaired) electrons. The maximum Gasteiger partial charge on any atom is 0.160 e. The van der Waals surface area contributed by atoms with E-state index in [0.717, 1.165) is 44.6 Å². The van der Waals surface area contributed by atoms with Crippen LogP contribution in [-0.2, 0) is 5.41 Å². The van der Waals surface area contributed by atoms with Gasteiger partial charge in [0.2, 0.25) is 0 Å². The molecule has 0 N–H and O–H groups in total. The van der Waals surface area contributed by atoms with Gasteiger partial charge in [0, 0.05) is 54.8 Å². The number of nitrogens with zero attached hydrogens (tertiary/aromatic N) is 4. The summed E-state index contributed by atoms with van der Waals surface area (Å²) in [5.74, 6) is 0.704. The highest BCUT2D eigenvalue weighted by atomic mass is 15.0. The number of para-hydroxylation sites is 3. The van der Waals surface area contributed by atoms with Crippen molar-refractivity contribution >= 4 is 65.3 Å². The molecule has 0 bridgehead atoms. The van der Waals surface area contributed by atoms with Gasteiger partial charge in [-0.2, -0.15) is 0 Å². The molecule has 0 amide bonds. The number of benzene rings is 10. The van der Waals surface area contributed by atoms with Crippen molar-refractivity contribution in [1.82, 2.24) is 19.1 Å². The van der Waals surface area contributed by atoms with Crippen LogP contribution in [0.5, 0.6) is 0 Å². The Kier molecular flexibility index (Phi) is 8.00. The molecule has 4 nitrogen and oxygen atoms in total. The van der Waals surface area contributed by atoms with Crippen molar-refractivity contribution in [2.45, 2.75) is 19.3 Å². The minimum Gasteiger partial charge on any atom is -0.309 e. The van der Waals surface area contributed by atoms with Crippen molar-refractivity contribution in [1.29, 1.82) is 0 Å². The Labute approximate surface area is 387 Å². The molecule has 1 aliphatic rings. The lowest BCUT2D eigenvalue weighted by molar-refractivity contribution is 0.661. The lowest BCUT2D eigenvalue weighted by Gasteiger charge is -2.22. The van der Waals surface area contributed by atoms with Crippen LogP contribution in [-0.4, -0.2) is 19.1 Å². The molecule has 0 saturated heterocycles. The summed E-state index contributed by atoms with van der Waals surface area (Å²) in [7, 11) is 0. The zero-order chi connectivity index (χ0) is 44.4. The summed E-state index contributed by atoms with van der Waals surface area (Å²) in [5, 5.41) is 8.54. The van der Waals surface area contributed by atoms with Crippen LogP contribution in [0.3, 0.4) is 0 Å². The zero-order valence-corrected chi connectivity index (χ0v) is 37.1. The van der Waals surface area contributed by atoms with Crippen LogP contribution in [0.1, 0.15) is 25.0 Å². The Morgan fingerprint density at radius 3 is 1.75 bits per heavy atom. The van der Waals surface area contributed by atoms with E-state index in [4.69, 9.17) is 9.97 Å². The second-order valence-electron chi connectivity index (χ2n) is 18.6. The van der Waals surface area contributed by atoms with Gasteiger partial charge < -0.3 is 9.13 Å². The normalized spacial score (nSPS) is 13.0. The van der Waals surface area contributed by atoms with Crippen LogP contribution >= 0.6 is 0 Å². The van der Waals surface area contributed by atoms with E-state index < -0.39 is 0 Å². The highest BCUT2D eigenvalue weighted by molar-refractivity contribution is 6.15. The van der Waals surface area contributed by atoms with Gasteiger partial charge in [0.25, 0.3) is 0 Å². The van der Waals surface area contributed by atoms with Crippen molar-refractivity contribution < 1.29 is 0 Å². The van der Waals surface area contributed by atoms with Crippen molar-refractivity contribution in [2.75, 3.05) is 0 Å². The molecule has 314 valence electrons. The first-order valence-corrected chi connectivity index (χ1v) is 23.2. The Morgan fingerprint density at radius 2 is 0.955 bits per heavy atom. The second-order valence-corrected chi connectivity index (χ2v) is 18.6. The monoisotopic (exact) mass is 854 g/mol. The number of hydrogen-bond donors (Lipinski definition) is 0. The predicted molar refractivity (Wildman–Crippen MR) is 280 cm³/mol. The maximum atomic E-state index is 5.29. The van der Waals surface area contributed by atoms with Crippen LogP contribution in [0.4, 0.5) is 0 Å². The quantitative estimate of drug-likeness (QED) is 0.173. The second kappa shape index (κ2) is 14.2. The van der Waals surface area contributed by atoms with E-state index in [-0.39, 0.29) is 5.41 Å². The zero-order valence-electron chi connectivity index (χ0n) is 37.1. The molecule has 3 heterocycles. The van der Waals surface area contributed by atoms with Crippen molar-refractivity contribution in [3.63, 3.8) is 0 Å². The summed E-state index contributed by atoms with van der Waals surface area (Å²) in [5.41, 5.74) is 18.4. The number of hydrogen-bond acceptors (Lipinski definition) is 2. The summed E-state index contributed by atoms with van der Waals surface area (Å²) in [6.07, 6.45) is 0. The first kappa shape index (κ1) is 37.7. The minimum atomic E-state index is -0.196. The molecule has 0 aliphatic heterocycles. The van der Waals surface area contributed by atoms with Crippen molar-refractivity contribution in [3.05, 3.63) is 230 Å². The first-order valence-electron chi connectivity index (χ1n) is 23.2. The summed E-state index contributed by atoms with van der Waals surface area (Å²) in [4.78, 5) is 10.5. The molecule has 0 spiro atoms. The van der Waals surface area contributed by atoms with Crippen molar-refractivity contribution in [2.24, 2.45) is 0 Å². The first-order chi connectivity index (χ1) is 33.0. The third-order valence-electron chi connectivity index (χ3n) is 14.5. The van der Waals surface area contributed by atoms with Gasteiger partial charge in [0.05, 0.1) is 33.3 Å². The Hall–Kier alpha value is -8.60. The summed E-state index contributed by atoms with van der Waals surface area (Å²) < 4.78 is 4.85. The maximum absolute atomic E-state index is 5.29. The molecule has 0 unspecified atom stereocenters. The van der Waals surface area contributed by atoms with Crippen LogP contribution in [0.15, 0.2) is 218 Å². The van der Waals surface area contributed by atoms with E-state index in [1.807, 2.05) is 6.07 Å². The third kappa shape index (κ3) is 5.60. The van der Waals surface area contributed by atoms with Crippen LogP contribution in [0.2, 0.25) is 0 Å². The van der Waals surface area contributed by atoms with Gasteiger partial charge in [-0.25, -0.2) is 9.97 Å². The van der Waals surface area contributed by atoms with E-state index in [2.05, 4.69) is 235 Å². The predicted octanol–water partition coefficient (Wildman–Crippen LogP) is 16.3. The van der Waals surface area contributed by atoms with Gasteiger partial charge in [-0.15, -0.1) is 0 Å². The molecule has 1 aliphatic carbocycles. The summed E-state index contributed by atoms with van der Waals surface area (Å²) in [6, 6.07) is 79.5. The fraction of sp³-hybridized carbons (Fsp3) is 0.0476. The fourth-order valence-corrected chi connectivity index (χ4v) is 11.3. The molecular formula is C63H42N4. The number of fused-ring (bicyclic) bond motifs is 12. The lowest BCUT2D eigenvalue weighted by atomic mass is 9.82. The van der Waals surface area contributed by atoms with Gasteiger partial charge in [-0.1, -0.05) is 159 Å². The van der Waals surface area contributed by atoms with Gasteiger partial charge in [-0.3, -0.25) is 0 Å². The standard InChI is InChI=1S/C63H42N4/c1-63(2)53-31-28-39-16-9-10-23-46(39)60(53)52-37-51-50-36-42(41-29-32-57-49(35-41)47-24-12-14-27-56(47)66(57)44-20-7-4-8-21-44)30-33-58(50)67(59(51)38-54(52)63)45-22-15-19-43(34-45)62-64-55-26-13-11-25-48(55)61(65-62)40-17-5-3-6-18-40/h3-38H,1-2H3. The number of rotatable bonds is 5. The Balaban J connectivity index is 1.00. The molecule has 67 heavy (non-hydrogen) atoms. The Bertz CT molecular complexity index is 4170. The average molecular weight is 855 g/mol. The van der Waals surface area contributed by atoms with Gasteiger partial charge in [0.1, 0.15) is 0 Å². The molecule has 14 rings (SSSR count). The fourth-order valence-electron chi connectivity index (χ4n) is 11.3. The van der Waals surface area contributed by atoms with Crippen LogP contribution in [0, 0.1) is 0 Å². The number of aromatic nitrogens is 4. The van der Waals surface area contributed by atoms with E-state index in [1.54, 1.807) is 0 Å². The molecule has 13 aromatic rings. The van der Waals surface area contributed by atoms with E-state index in [9.17, 15) is 0 Å². The molecular weight excluding hydrogens is 813 g/mol. The molecule has 0 atom stereocenters. The minimum absolute atomic E-state index is 0.196. The molecule has 10 aromatic carbocycles. The van der Waals surface area contributed by atoms with Gasteiger partial charge in [0.15, 0.2) is 5.82 Å². The average Bonchev–Trinajstić information content (AvgIpc) is 3.97. The van der Waals surface area contributed by atoms with E-state index >= 15 is 0 Å².